The lowest BCUT2D eigenvalue weighted by Gasteiger charge is -2.26. The van der Waals surface area contributed by atoms with Crippen molar-refractivity contribution in [2.75, 3.05) is 18.9 Å². The smallest absolute Gasteiger partial charge is 0.230 e. The SMILES string of the molecule is O=C(CSc1c(Cl)cccc1Cl)NC[C@H]1COc2ccccc2O1. The minimum absolute atomic E-state index is 0.113. The van der Waals surface area contributed by atoms with Crippen LogP contribution in [0.4, 0.5) is 0 Å². The summed E-state index contributed by atoms with van der Waals surface area (Å²) in [5.74, 6) is 1.54. The first-order valence-corrected chi connectivity index (χ1v) is 9.09. The highest BCUT2D eigenvalue weighted by Crippen LogP contribution is 2.33. The van der Waals surface area contributed by atoms with E-state index in [-0.39, 0.29) is 17.8 Å². The number of carbonyl (C=O) groups is 1. The molecule has 0 radical (unpaired) electrons. The molecule has 0 aliphatic carbocycles. The summed E-state index contributed by atoms with van der Waals surface area (Å²) in [6.07, 6.45) is -0.210. The van der Waals surface area contributed by atoms with Crippen LogP contribution < -0.4 is 14.8 Å². The van der Waals surface area contributed by atoms with Crippen molar-refractivity contribution in [2.24, 2.45) is 0 Å². The molecular formula is C17H15Cl2NO3S. The number of ether oxygens (including phenoxy) is 2. The van der Waals surface area contributed by atoms with E-state index in [1.165, 1.54) is 11.8 Å². The Bertz CT molecular complexity index is 721. The number of benzene rings is 2. The number of hydrogen-bond acceptors (Lipinski definition) is 4. The molecule has 0 saturated heterocycles. The van der Waals surface area contributed by atoms with Gasteiger partial charge in [-0.25, -0.2) is 0 Å². The van der Waals surface area contributed by atoms with Gasteiger partial charge in [0.15, 0.2) is 11.5 Å². The van der Waals surface area contributed by atoms with Gasteiger partial charge in [-0.1, -0.05) is 41.4 Å². The fourth-order valence-electron chi connectivity index (χ4n) is 2.20. The van der Waals surface area contributed by atoms with Gasteiger partial charge >= 0.3 is 0 Å². The van der Waals surface area contributed by atoms with Gasteiger partial charge in [0.25, 0.3) is 0 Å². The first-order valence-electron chi connectivity index (χ1n) is 7.35. The molecule has 24 heavy (non-hydrogen) atoms. The summed E-state index contributed by atoms with van der Waals surface area (Å²) < 4.78 is 11.4. The second-order valence-corrected chi connectivity index (χ2v) is 6.94. The lowest BCUT2D eigenvalue weighted by molar-refractivity contribution is -0.119. The van der Waals surface area contributed by atoms with E-state index in [1.807, 2.05) is 24.3 Å². The number of carbonyl (C=O) groups excluding carboxylic acids is 1. The van der Waals surface area contributed by atoms with Gasteiger partial charge in [-0.3, -0.25) is 4.79 Å². The summed E-state index contributed by atoms with van der Waals surface area (Å²) in [7, 11) is 0. The Morgan fingerprint density at radius 1 is 1.12 bits per heavy atom. The van der Waals surface area contributed by atoms with Gasteiger partial charge in [0.05, 0.1) is 22.3 Å². The van der Waals surface area contributed by atoms with E-state index < -0.39 is 0 Å². The normalized spacial score (nSPS) is 15.8. The standard InChI is InChI=1S/C17H15Cl2NO3S/c18-12-4-3-5-13(19)17(12)24-10-16(21)20-8-11-9-22-14-6-1-2-7-15(14)23-11/h1-7,11H,8-10H2,(H,20,21)/t11-/m0/s1. The molecule has 2 aromatic rings. The third kappa shape index (κ3) is 4.29. The highest BCUT2D eigenvalue weighted by Gasteiger charge is 2.21. The molecule has 1 aliphatic rings. The van der Waals surface area contributed by atoms with Crippen molar-refractivity contribution in [3.8, 4) is 11.5 Å². The van der Waals surface area contributed by atoms with E-state index in [0.29, 0.717) is 33.8 Å². The van der Waals surface area contributed by atoms with Crippen LogP contribution in [0.25, 0.3) is 0 Å². The Labute approximate surface area is 154 Å². The van der Waals surface area contributed by atoms with E-state index in [0.717, 1.165) is 5.75 Å². The van der Waals surface area contributed by atoms with Gasteiger partial charge in [-0.2, -0.15) is 0 Å². The largest absolute Gasteiger partial charge is 0.486 e. The molecule has 0 aromatic heterocycles. The first kappa shape index (κ1) is 17.3. The van der Waals surface area contributed by atoms with Crippen LogP contribution in [0.15, 0.2) is 47.4 Å². The van der Waals surface area contributed by atoms with Crippen LogP contribution in [0.2, 0.25) is 10.0 Å². The number of fused-ring (bicyclic) bond motifs is 1. The Kier molecular flexibility index (Phi) is 5.76. The van der Waals surface area contributed by atoms with E-state index in [4.69, 9.17) is 32.7 Å². The summed E-state index contributed by atoms with van der Waals surface area (Å²) in [5, 5.41) is 3.93. The fourth-order valence-corrected chi connectivity index (χ4v) is 3.71. The van der Waals surface area contributed by atoms with Crippen molar-refractivity contribution in [2.45, 2.75) is 11.0 Å². The summed E-state index contributed by atoms with van der Waals surface area (Å²) >= 11 is 13.5. The van der Waals surface area contributed by atoms with Gasteiger partial charge in [-0.15, -0.1) is 11.8 Å². The highest BCUT2D eigenvalue weighted by molar-refractivity contribution is 8.00. The molecule has 0 saturated carbocycles. The number of hydrogen-bond donors (Lipinski definition) is 1. The lowest BCUT2D eigenvalue weighted by Crippen LogP contribution is -2.41. The predicted molar refractivity (Wildman–Crippen MR) is 96.5 cm³/mol. The minimum Gasteiger partial charge on any atom is -0.486 e. The number of amides is 1. The topological polar surface area (TPSA) is 47.6 Å². The van der Waals surface area contributed by atoms with Crippen LogP contribution in [0.5, 0.6) is 11.5 Å². The van der Waals surface area contributed by atoms with E-state index >= 15 is 0 Å². The second kappa shape index (κ2) is 8.01. The molecule has 2 aromatic carbocycles. The van der Waals surface area contributed by atoms with Crippen LogP contribution >= 0.6 is 35.0 Å². The van der Waals surface area contributed by atoms with Crippen molar-refractivity contribution in [3.05, 3.63) is 52.5 Å². The Hall–Kier alpha value is -1.56. The maximum absolute atomic E-state index is 12.0. The van der Waals surface area contributed by atoms with Crippen LogP contribution in [-0.4, -0.2) is 30.9 Å². The zero-order valence-corrected chi connectivity index (χ0v) is 15.0. The third-order valence-corrected chi connectivity index (χ3v) is 5.35. The molecule has 0 spiro atoms. The van der Waals surface area contributed by atoms with Crippen LogP contribution in [0, 0.1) is 0 Å². The zero-order chi connectivity index (χ0) is 16.9. The fraction of sp³-hybridized carbons (Fsp3) is 0.235. The van der Waals surface area contributed by atoms with E-state index in [9.17, 15) is 4.79 Å². The van der Waals surface area contributed by atoms with Crippen LogP contribution in [0.1, 0.15) is 0 Å². The van der Waals surface area contributed by atoms with Gasteiger partial charge < -0.3 is 14.8 Å². The van der Waals surface area contributed by atoms with Gasteiger partial charge in [-0.05, 0) is 24.3 Å². The zero-order valence-electron chi connectivity index (χ0n) is 12.6. The molecule has 4 nitrogen and oxygen atoms in total. The van der Waals surface area contributed by atoms with Crippen molar-refractivity contribution >= 4 is 40.9 Å². The predicted octanol–water partition coefficient (Wildman–Crippen LogP) is 4.04. The number of nitrogens with one attached hydrogen (secondary N) is 1. The molecule has 126 valence electrons. The Balaban J connectivity index is 1.47. The molecule has 1 N–H and O–H groups in total. The maximum atomic E-state index is 12.0. The van der Waals surface area contributed by atoms with Crippen molar-refractivity contribution in [3.63, 3.8) is 0 Å². The first-order chi connectivity index (χ1) is 11.6. The molecule has 1 heterocycles. The average Bonchev–Trinajstić information content (AvgIpc) is 2.59. The average molecular weight is 384 g/mol. The molecule has 7 heteroatoms. The molecule has 1 amide bonds. The molecule has 0 unspecified atom stereocenters. The molecular weight excluding hydrogens is 369 g/mol. The second-order valence-electron chi connectivity index (χ2n) is 5.14. The Morgan fingerprint density at radius 2 is 1.83 bits per heavy atom. The molecule has 0 fully saturated rings. The summed E-state index contributed by atoms with van der Waals surface area (Å²) in [6.45, 7) is 0.782. The number of thioether (sulfide) groups is 1. The maximum Gasteiger partial charge on any atom is 0.230 e. The molecule has 1 atom stereocenters. The Morgan fingerprint density at radius 3 is 2.58 bits per heavy atom. The van der Waals surface area contributed by atoms with Crippen molar-refractivity contribution in [1.82, 2.24) is 5.32 Å². The summed E-state index contributed by atoms with van der Waals surface area (Å²) in [4.78, 5) is 12.7. The molecule has 3 rings (SSSR count). The highest BCUT2D eigenvalue weighted by atomic mass is 35.5. The van der Waals surface area contributed by atoms with Crippen molar-refractivity contribution in [1.29, 1.82) is 0 Å². The van der Waals surface area contributed by atoms with Crippen LogP contribution in [0.3, 0.4) is 0 Å². The van der Waals surface area contributed by atoms with Crippen LogP contribution in [-0.2, 0) is 4.79 Å². The van der Waals surface area contributed by atoms with E-state index in [2.05, 4.69) is 5.32 Å². The number of halogens is 2. The quantitative estimate of drug-likeness (QED) is 0.791. The van der Waals surface area contributed by atoms with E-state index in [1.54, 1.807) is 18.2 Å². The summed E-state index contributed by atoms with van der Waals surface area (Å²) in [6, 6.07) is 12.7. The monoisotopic (exact) mass is 383 g/mol. The van der Waals surface area contributed by atoms with Crippen molar-refractivity contribution < 1.29 is 14.3 Å². The van der Waals surface area contributed by atoms with Gasteiger partial charge in [0.2, 0.25) is 5.91 Å². The molecule has 0 bridgehead atoms. The summed E-state index contributed by atoms with van der Waals surface area (Å²) in [5.41, 5.74) is 0. The number of rotatable bonds is 5. The minimum atomic E-state index is -0.210. The van der Waals surface area contributed by atoms with Gasteiger partial charge in [0.1, 0.15) is 12.7 Å². The molecule has 1 aliphatic heterocycles. The lowest BCUT2D eigenvalue weighted by atomic mass is 10.2. The van der Waals surface area contributed by atoms with Gasteiger partial charge in [0, 0.05) is 4.90 Å². The number of para-hydroxylation sites is 2. The third-order valence-electron chi connectivity index (χ3n) is 3.36.